The van der Waals surface area contributed by atoms with Gasteiger partial charge in [0.2, 0.25) is 11.8 Å². The van der Waals surface area contributed by atoms with Gasteiger partial charge in [0.15, 0.2) is 5.82 Å². The van der Waals surface area contributed by atoms with Crippen molar-refractivity contribution in [2.75, 3.05) is 7.05 Å². The molecule has 0 spiro atoms. The second kappa shape index (κ2) is 4.64. The van der Waals surface area contributed by atoms with Crippen LogP contribution in [0.2, 0.25) is 0 Å². The summed E-state index contributed by atoms with van der Waals surface area (Å²) in [6.45, 7) is 5.87. The Labute approximate surface area is 111 Å². The monoisotopic (exact) mass is 265 g/mol. The fourth-order valence-electron chi connectivity index (χ4n) is 2.29. The van der Waals surface area contributed by atoms with E-state index in [1.54, 1.807) is 18.9 Å². The van der Waals surface area contributed by atoms with Gasteiger partial charge >= 0.3 is 0 Å². The number of aromatic nitrogens is 3. The van der Waals surface area contributed by atoms with Crippen LogP contribution >= 0.6 is 0 Å². The Morgan fingerprint density at radius 3 is 2.74 bits per heavy atom. The second-order valence-corrected chi connectivity index (χ2v) is 5.42. The van der Waals surface area contributed by atoms with Gasteiger partial charge in [0.1, 0.15) is 5.82 Å². The van der Waals surface area contributed by atoms with Gasteiger partial charge in [-0.3, -0.25) is 14.7 Å². The summed E-state index contributed by atoms with van der Waals surface area (Å²) in [5.41, 5.74) is -0.462. The van der Waals surface area contributed by atoms with E-state index in [2.05, 4.69) is 20.5 Å². The van der Waals surface area contributed by atoms with Crippen molar-refractivity contribution in [3.05, 3.63) is 11.6 Å². The van der Waals surface area contributed by atoms with Crippen molar-refractivity contribution in [2.24, 2.45) is 5.92 Å². The van der Waals surface area contributed by atoms with Crippen molar-refractivity contribution in [2.45, 2.75) is 39.3 Å². The Morgan fingerprint density at radius 1 is 1.58 bits per heavy atom. The van der Waals surface area contributed by atoms with E-state index in [0.29, 0.717) is 11.6 Å². The zero-order valence-electron chi connectivity index (χ0n) is 11.6. The Kier molecular flexibility index (Phi) is 3.30. The molecule has 0 aromatic carbocycles. The summed E-state index contributed by atoms with van der Waals surface area (Å²) in [4.78, 5) is 29.6. The number of nitrogens with zero attached hydrogens (tertiary/aromatic N) is 3. The highest BCUT2D eigenvalue weighted by atomic mass is 16.2. The lowest BCUT2D eigenvalue weighted by molar-refractivity contribution is -0.128. The molecule has 0 aliphatic carbocycles. The van der Waals surface area contributed by atoms with Gasteiger partial charge in [-0.15, -0.1) is 0 Å². The zero-order chi connectivity index (χ0) is 14.2. The van der Waals surface area contributed by atoms with Crippen LogP contribution in [0, 0.1) is 12.8 Å². The predicted octanol–water partition coefficient (Wildman–Crippen LogP) is -0.0138. The molecule has 7 nitrogen and oxygen atoms in total. The van der Waals surface area contributed by atoms with E-state index in [9.17, 15) is 9.59 Å². The number of hydrogen-bond donors (Lipinski definition) is 2. The highest BCUT2D eigenvalue weighted by Crippen LogP contribution is 2.34. The van der Waals surface area contributed by atoms with E-state index >= 15 is 0 Å². The number of nitrogens with one attached hydrogen (secondary N) is 2. The third kappa shape index (κ3) is 2.45. The third-order valence-corrected chi connectivity index (χ3v) is 3.85. The Balaban J connectivity index is 1.99. The number of aryl methyl sites for hydroxylation is 1. The smallest absolute Gasteiger partial charge is 0.226 e. The number of amides is 2. The molecule has 0 radical (unpaired) electrons. The average Bonchev–Trinajstić information content (AvgIpc) is 2.84. The summed E-state index contributed by atoms with van der Waals surface area (Å²) < 4.78 is 0. The first-order valence-corrected chi connectivity index (χ1v) is 6.24. The molecule has 2 rings (SSSR count). The summed E-state index contributed by atoms with van der Waals surface area (Å²) in [5.74, 6) is 0.774. The summed E-state index contributed by atoms with van der Waals surface area (Å²) in [5, 5.41) is 9.46. The van der Waals surface area contributed by atoms with E-state index in [0.717, 1.165) is 0 Å². The number of carbonyl (C=O) groups excluding carboxylic acids is 2. The molecule has 1 atom stereocenters. The molecule has 1 aromatic rings. The van der Waals surface area contributed by atoms with E-state index in [4.69, 9.17) is 0 Å². The van der Waals surface area contributed by atoms with E-state index in [1.165, 1.54) is 0 Å². The highest BCUT2D eigenvalue weighted by molar-refractivity contribution is 5.90. The van der Waals surface area contributed by atoms with Gasteiger partial charge in [-0.25, -0.2) is 4.98 Å². The van der Waals surface area contributed by atoms with Crippen LogP contribution in [-0.2, 0) is 16.1 Å². The number of H-pyrrole nitrogens is 1. The minimum Gasteiger partial charge on any atom is -0.348 e. The van der Waals surface area contributed by atoms with Gasteiger partial charge in [-0.1, -0.05) is 0 Å². The van der Waals surface area contributed by atoms with Crippen LogP contribution in [-0.4, -0.2) is 44.5 Å². The topological polar surface area (TPSA) is 91.0 Å². The molecule has 104 valence electrons. The quantitative estimate of drug-likeness (QED) is 0.804. The van der Waals surface area contributed by atoms with Crippen molar-refractivity contribution in [1.82, 2.24) is 25.4 Å². The molecular formula is C12H19N5O2. The van der Waals surface area contributed by atoms with Crippen LogP contribution in [0.1, 0.15) is 31.9 Å². The maximum Gasteiger partial charge on any atom is 0.226 e. The van der Waals surface area contributed by atoms with Crippen molar-refractivity contribution >= 4 is 11.8 Å². The lowest BCUT2D eigenvalue weighted by atomic mass is 9.88. The van der Waals surface area contributed by atoms with E-state index in [-0.39, 0.29) is 30.7 Å². The van der Waals surface area contributed by atoms with E-state index < -0.39 is 5.54 Å². The average molecular weight is 265 g/mol. The predicted molar refractivity (Wildman–Crippen MR) is 67.9 cm³/mol. The number of carbonyl (C=O) groups is 2. The number of likely N-dealkylation sites (tertiary alicyclic amines) is 1. The Hall–Kier alpha value is -1.92. The number of rotatable bonds is 3. The normalized spacial score (nSPS) is 21.8. The van der Waals surface area contributed by atoms with Gasteiger partial charge < -0.3 is 10.2 Å². The highest BCUT2D eigenvalue weighted by Gasteiger charge is 2.47. The lowest BCUT2D eigenvalue weighted by Gasteiger charge is -2.32. The van der Waals surface area contributed by atoms with Crippen LogP contribution < -0.4 is 5.32 Å². The molecule has 2 N–H and O–H groups in total. The molecule has 19 heavy (non-hydrogen) atoms. The largest absolute Gasteiger partial charge is 0.348 e. The van der Waals surface area contributed by atoms with Crippen molar-refractivity contribution in [3.63, 3.8) is 0 Å². The molecule has 0 saturated carbocycles. The maximum absolute atomic E-state index is 12.2. The SMILES string of the molecule is Cc1nc(CNC(=O)C2CC(=O)N(C)C2(C)C)n[nH]1. The van der Waals surface area contributed by atoms with Crippen LogP contribution in [0.25, 0.3) is 0 Å². The van der Waals surface area contributed by atoms with Gasteiger partial charge in [-0.05, 0) is 20.8 Å². The van der Waals surface area contributed by atoms with Crippen LogP contribution in [0.4, 0.5) is 0 Å². The van der Waals surface area contributed by atoms with Crippen LogP contribution in [0.3, 0.4) is 0 Å². The van der Waals surface area contributed by atoms with Gasteiger partial charge in [0, 0.05) is 19.0 Å². The molecule has 1 saturated heterocycles. The first-order valence-electron chi connectivity index (χ1n) is 6.24. The standard InChI is InChI=1S/C12H19N5O2/c1-7-14-9(16-15-7)6-13-11(19)8-5-10(18)17(4)12(8,2)3/h8H,5-6H2,1-4H3,(H,13,19)(H,14,15,16). The van der Waals surface area contributed by atoms with Crippen LogP contribution in [0.15, 0.2) is 0 Å². The fraction of sp³-hybridized carbons (Fsp3) is 0.667. The molecular weight excluding hydrogens is 246 g/mol. The molecule has 1 aliphatic heterocycles. The van der Waals surface area contributed by atoms with Crippen molar-refractivity contribution in [1.29, 1.82) is 0 Å². The van der Waals surface area contributed by atoms with Crippen molar-refractivity contribution < 1.29 is 9.59 Å². The second-order valence-electron chi connectivity index (χ2n) is 5.42. The molecule has 2 heterocycles. The van der Waals surface area contributed by atoms with Gasteiger partial charge in [-0.2, -0.15) is 5.10 Å². The molecule has 1 unspecified atom stereocenters. The zero-order valence-corrected chi connectivity index (χ0v) is 11.6. The Morgan fingerprint density at radius 2 is 2.26 bits per heavy atom. The molecule has 1 aromatic heterocycles. The first kappa shape index (κ1) is 13.5. The number of hydrogen-bond acceptors (Lipinski definition) is 4. The lowest BCUT2D eigenvalue weighted by Crippen LogP contribution is -2.46. The van der Waals surface area contributed by atoms with Gasteiger partial charge in [0.25, 0.3) is 0 Å². The summed E-state index contributed by atoms with van der Waals surface area (Å²) in [6.07, 6.45) is 0.252. The summed E-state index contributed by atoms with van der Waals surface area (Å²) in [6, 6.07) is 0. The summed E-state index contributed by atoms with van der Waals surface area (Å²) >= 11 is 0. The minimum atomic E-state index is -0.462. The minimum absolute atomic E-state index is 0.00103. The fourth-order valence-corrected chi connectivity index (χ4v) is 2.29. The maximum atomic E-state index is 12.2. The molecule has 7 heteroatoms. The molecule has 1 aliphatic rings. The number of aromatic amines is 1. The molecule has 0 bridgehead atoms. The van der Waals surface area contributed by atoms with Crippen LogP contribution in [0.5, 0.6) is 0 Å². The van der Waals surface area contributed by atoms with Crippen molar-refractivity contribution in [3.8, 4) is 0 Å². The van der Waals surface area contributed by atoms with E-state index in [1.807, 2.05) is 13.8 Å². The Bertz CT molecular complexity index is 508. The summed E-state index contributed by atoms with van der Waals surface area (Å²) in [7, 11) is 1.73. The van der Waals surface area contributed by atoms with Gasteiger partial charge in [0.05, 0.1) is 12.5 Å². The first-order chi connectivity index (χ1) is 8.82. The molecule has 2 amide bonds. The molecule has 1 fully saturated rings. The third-order valence-electron chi connectivity index (χ3n) is 3.85.